The number of carbonyl (C=O) groups is 7. The Morgan fingerprint density at radius 2 is 1.20 bits per heavy atom. The molecule has 0 bridgehead atoms. The van der Waals surface area contributed by atoms with E-state index in [-0.39, 0.29) is 36.6 Å². The third-order valence-electron chi connectivity index (χ3n) is 15.4. The standard InChI is InChI=1S/C60H78N8O17/c1-5-6-7-25-84-42-22-18-37(19-23-42)35-10-8-34(9-11-35)36-12-14-39(15-13-36)53(77)62-43-28-45(73)58(85-26-24-61)66-57(81)49-50(74)31(2)29-68(49)60(83)47(33(4)70)64-56(80)48(52(76)51(75)38-16-20-40(71)21-17-38)65-55(79)44-27-41(72)30-67(44)59(82)46(32(3)69)63-54(43)78/h8-23,31-33,41,43-52,58,69-76H,5-7,24-30,61H2,1-4H3,(H,62,77)(H,63,78)(H,64,80)(H,65,79)(H,66,81)/t31-,32+,33+,41+,43-,44-,45+,46-,47-,48-,49-,50-,51-,52-,58+/m0/s1. The molecule has 460 valence electrons. The highest BCUT2D eigenvalue weighted by Gasteiger charge is 2.50. The quantitative estimate of drug-likeness (QED) is 0.0567. The van der Waals surface area contributed by atoms with Gasteiger partial charge in [0.1, 0.15) is 66.1 Å². The summed E-state index contributed by atoms with van der Waals surface area (Å²) in [6.07, 6.45) is -12.8. The Morgan fingerprint density at radius 1 is 0.659 bits per heavy atom. The van der Waals surface area contributed by atoms with E-state index in [4.69, 9.17) is 15.2 Å². The minimum absolute atomic E-state index is 0.0332. The lowest BCUT2D eigenvalue weighted by molar-refractivity contribution is -0.149. The van der Waals surface area contributed by atoms with Gasteiger partial charge in [0.15, 0.2) is 6.23 Å². The van der Waals surface area contributed by atoms with Gasteiger partial charge in [0.2, 0.25) is 35.4 Å². The van der Waals surface area contributed by atoms with Crippen LogP contribution in [0.2, 0.25) is 0 Å². The number of ether oxygens (including phenoxy) is 2. The van der Waals surface area contributed by atoms with Crippen molar-refractivity contribution in [3.63, 3.8) is 0 Å². The van der Waals surface area contributed by atoms with E-state index in [9.17, 15) is 74.4 Å². The van der Waals surface area contributed by atoms with Crippen LogP contribution in [0.25, 0.3) is 22.3 Å². The summed E-state index contributed by atoms with van der Waals surface area (Å²) >= 11 is 0. The largest absolute Gasteiger partial charge is 0.508 e. The number of aliphatic hydroxyl groups is 7. The van der Waals surface area contributed by atoms with Crippen LogP contribution in [0.15, 0.2) is 97.1 Å². The minimum Gasteiger partial charge on any atom is -0.508 e. The molecule has 0 aliphatic carbocycles. The summed E-state index contributed by atoms with van der Waals surface area (Å²) in [5, 5.41) is 102. The third-order valence-corrected chi connectivity index (χ3v) is 15.4. The van der Waals surface area contributed by atoms with Crippen molar-refractivity contribution >= 4 is 41.4 Å². The van der Waals surface area contributed by atoms with Crippen molar-refractivity contribution in [2.24, 2.45) is 11.7 Å². The highest BCUT2D eigenvalue weighted by Crippen LogP contribution is 2.30. The monoisotopic (exact) mass is 1180 g/mol. The molecule has 0 unspecified atom stereocenters. The molecule has 3 heterocycles. The first-order valence-corrected chi connectivity index (χ1v) is 28.5. The molecule has 7 rings (SSSR count). The van der Waals surface area contributed by atoms with Crippen LogP contribution < -0.4 is 37.1 Å². The fourth-order valence-electron chi connectivity index (χ4n) is 10.6. The SMILES string of the molecule is CCCCCOc1ccc(-c2ccc(-c3ccc(C(=O)N[C@H]4C[C@@H](O)[C@@H](OCCN)NC(=O)[C@@H]5[C@@H](O)[C@@H](C)CN5C(=O)[C@H]([C@@H](C)O)NC(=O)[C@H]([C@H](O)[C@@H](O)c5ccc(O)cc5)NC(=O)[C@@H]5C[C@@H](O)CN5C(=O)[C@H]([C@@H](C)O)NC4=O)cc3)cc2)cc1. The van der Waals surface area contributed by atoms with Gasteiger partial charge in [-0.05, 0) is 84.5 Å². The number of benzene rings is 4. The van der Waals surface area contributed by atoms with Crippen molar-refractivity contribution in [1.29, 1.82) is 0 Å². The van der Waals surface area contributed by atoms with Crippen molar-refractivity contribution in [2.75, 3.05) is 32.8 Å². The van der Waals surface area contributed by atoms with Crippen molar-refractivity contribution in [1.82, 2.24) is 36.4 Å². The second-order valence-corrected chi connectivity index (χ2v) is 21.9. The molecule has 25 nitrogen and oxygen atoms in total. The number of phenolic OH excluding ortho intramolecular Hbond substituents is 1. The van der Waals surface area contributed by atoms with Crippen LogP contribution in [-0.4, -0.2) is 204 Å². The topological polar surface area (TPSA) is 392 Å². The van der Waals surface area contributed by atoms with Crippen LogP contribution >= 0.6 is 0 Å². The number of nitrogens with one attached hydrogen (secondary N) is 5. The number of hydrogen-bond acceptors (Lipinski definition) is 18. The second kappa shape index (κ2) is 29.5. The lowest BCUT2D eigenvalue weighted by Crippen LogP contribution is -2.64. The van der Waals surface area contributed by atoms with Gasteiger partial charge in [-0.15, -0.1) is 0 Å². The normalized spacial score (nSPS) is 27.0. The number of amides is 7. The number of unbranched alkanes of at least 4 members (excludes halogenated alkanes) is 2. The van der Waals surface area contributed by atoms with Gasteiger partial charge in [-0.2, -0.15) is 0 Å². The van der Waals surface area contributed by atoms with E-state index in [0.717, 1.165) is 83.0 Å². The van der Waals surface area contributed by atoms with E-state index in [0.29, 0.717) is 6.61 Å². The van der Waals surface area contributed by atoms with Crippen LogP contribution in [0, 0.1) is 5.92 Å². The molecule has 7 amide bonds. The predicted molar refractivity (Wildman–Crippen MR) is 306 cm³/mol. The summed E-state index contributed by atoms with van der Waals surface area (Å²) in [4.78, 5) is 103. The number of aliphatic hydroxyl groups excluding tert-OH is 7. The summed E-state index contributed by atoms with van der Waals surface area (Å²) in [6.45, 7) is 5.08. The van der Waals surface area contributed by atoms with Crippen molar-refractivity contribution in [3.05, 3.63) is 108 Å². The Labute approximate surface area is 491 Å². The number of nitrogens with zero attached hydrogens (tertiary/aromatic N) is 2. The minimum atomic E-state index is -2.29. The van der Waals surface area contributed by atoms with E-state index >= 15 is 0 Å². The molecule has 3 aliphatic rings. The third kappa shape index (κ3) is 16.0. The van der Waals surface area contributed by atoms with Gasteiger partial charge in [-0.25, -0.2) is 0 Å². The number of rotatable bonds is 17. The summed E-state index contributed by atoms with van der Waals surface area (Å²) in [5.41, 5.74) is 9.20. The smallest absolute Gasteiger partial charge is 0.251 e. The Bertz CT molecular complexity index is 2930. The van der Waals surface area contributed by atoms with E-state index in [1.165, 1.54) is 31.2 Å². The van der Waals surface area contributed by atoms with Gasteiger partial charge in [0, 0.05) is 44.0 Å². The average Bonchev–Trinajstić information content (AvgIpc) is 3.51. The maximum absolute atomic E-state index is 14.7. The Kier molecular flexibility index (Phi) is 22.5. The number of nitrogens with two attached hydrogens (primary N) is 1. The summed E-state index contributed by atoms with van der Waals surface area (Å²) in [6, 6.07) is 15.1. The Balaban J connectivity index is 1.21. The molecule has 3 aliphatic heterocycles. The molecular formula is C60H78N8O17. The summed E-state index contributed by atoms with van der Waals surface area (Å²) in [5.74, 6) is -8.38. The fraction of sp³-hybridized carbons (Fsp3) is 0.483. The molecule has 3 saturated heterocycles. The molecule has 0 saturated carbocycles. The zero-order valence-corrected chi connectivity index (χ0v) is 47.7. The number of hydrogen-bond donors (Lipinski definition) is 14. The molecule has 0 radical (unpaired) electrons. The van der Waals surface area contributed by atoms with Crippen molar-refractivity contribution in [2.45, 2.75) is 145 Å². The molecule has 3 fully saturated rings. The van der Waals surface area contributed by atoms with E-state index in [1.54, 1.807) is 12.1 Å². The van der Waals surface area contributed by atoms with E-state index < -0.39 is 152 Å². The maximum Gasteiger partial charge on any atom is 0.251 e. The molecule has 15 N–H and O–H groups in total. The molecule has 15 atom stereocenters. The first-order chi connectivity index (χ1) is 40.5. The highest BCUT2D eigenvalue weighted by molar-refractivity contribution is 6.00. The van der Waals surface area contributed by atoms with Crippen LogP contribution in [0.1, 0.15) is 81.8 Å². The predicted octanol–water partition coefficient (Wildman–Crippen LogP) is -0.944. The van der Waals surface area contributed by atoms with Gasteiger partial charge >= 0.3 is 0 Å². The molecule has 85 heavy (non-hydrogen) atoms. The fourth-order valence-corrected chi connectivity index (χ4v) is 10.6. The Hall–Kier alpha value is -7.59. The molecule has 0 spiro atoms. The zero-order valence-electron chi connectivity index (χ0n) is 47.7. The van der Waals surface area contributed by atoms with Gasteiger partial charge in [0.25, 0.3) is 5.91 Å². The van der Waals surface area contributed by atoms with Gasteiger partial charge in [0.05, 0.1) is 37.6 Å². The molecule has 0 aromatic heterocycles. The second-order valence-electron chi connectivity index (χ2n) is 21.9. The first-order valence-electron chi connectivity index (χ1n) is 28.5. The first kappa shape index (κ1) is 65.0. The number of phenols is 1. The van der Waals surface area contributed by atoms with E-state index in [1.807, 2.05) is 48.5 Å². The van der Waals surface area contributed by atoms with Crippen LogP contribution in [0.3, 0.4) is 0 Å². The van der Waals surface area contributed by atoms with Crippen LogP contribution in [0.4, 0.5) is 0 Å². The molecule has 4 aromatic rings. The van der Waals surface area contributed by atoms with Crippen LogP contribution in [-0.2, 0) is 33.5 Å². The average molecular weight is 1180 g/mol. The molecule has 4 aromatic carbocycles. The Morgan fingerprint density at radius 3 is 1.76 bits per heavy atom. The summed E-state index contributed by atoms with van der Waals surface area (Å²) in [7, 11) is 0. The number of carbonyl (C=O) groups excluding carboxylic acids is 7. The number of fused-ring (bicyclic) bond motifs is 2. The number of aromatic hydroxyl groups is 1. The lowest BCUT2D eigenvalue weighted by Gasteiger charge is -2.34. The van der Waals surface area contributed by atoms with Gasteiger partial charge in [-0.1, -0.05) is 87.4 Å². The van der Waals surface area contributed by atoms with Gasteiger partial charge < -0.3 is 92.4 Å². The van der Waals surface area contributed by atoms with Gasteiger partial charge in [-0.3, -0.25) is 33.6 Å². The zero-order chi connectivity index (χ0) is 61.8. The lowest BCUT2D eigenvalue weighted by atomic mass is 9.96. The van der Waals surface area contributed by atoms with Crippen molar-refractivity contribution < 1.29 is 83.9 Å². The highest BCUT2D eigenvalue weighted by atomic mass is 16.5. The van der Waals surface area contributed by atoms with Crippen LogP contribution in [0.5, 0.6) is 11.5 Å². The summed E-state index contributed by atoms with van der Waals surface area (Å²) < 4.78 is 11.6. The molecule has 25 heteroatoms. The van der Waals surface area contributed by atoms with E-state index in [2.05, 4.69) is 33.5 Å². The maximum atomic E-state index is 14.7. The van der Waals surface area contributed by atoms with Crippen molar-refractivity contribution in [3.8, 4) is 33.8 Å². The molecular weight excluding hydrogens is 1100 g/mol.